The fraction of sp³-hybridized carbons (Fsp3) is 0.500. The van der Waals surface area contributed by atoms with Crippen molar-refractivity contribution < 1.29 is 29.4 Å². The van der Waals surface area contributed by atoms with Crippen LogP contribution in [0, 0.1) is 0 Å². The van der Waals surface area contributed by atoms with E-state index in [9.17, 15) is 19.2 Å². The van der Waals surface area contributed by atoms with Crippen molar-refractivity contribution in [2.75, 3.05) is 13.1 Å². The summed E-state index contributed by atoms with van der Waals surface area (Å²) < 4.78 is 0. The number of carbonyl (C=O) groups excluding carboxylic acids is 2. The molecular weight excluding hydrogens is 248 g/mol. The molecule has 1 atom stereocenters. The van der Waals surface area contributed by atoms with Gasteiger partial charge in [0.25, 0.3) is 0 Å². The van der Waals surface area contributed by atoms with Gasteiger partial charge in [-0.1, -0.05) is 0 Å². The monoisotopic (exact) mass is 262 g/mol. The molecule has 7 N–H and O–H groups in total. The van der Waals surface area contributed by atoms with Crippen LogP contribution >= 0.6 is 0 Å². The van der Waals surface area contributed by atoms with E-state index in [1.54, 1.807) is 0 Å². The third-order valence-corrected chi connectivity index (χ3v) is 1.69. The van der Waals surface area contributed by atoms with E-state index >= 15 is 0 Å². The minimum atomic E-state index is -1.52. The van der Waals surface area contributed by atoms with Gasteiger partial charge >= 0.3 is 24.0 Å². The molecule has 0 radical (unpaired) electrons. The van der Waals surface area contributed by atoms with Gasteiger partial charge in [0.15, 0.2) is 0 Å². The van der Waals surface area contributed by atoms with Crippen molar-refractivity contribution in [2.24, 2.45) is 5.73 Å². The van der Waals surface area contributed by atoms with Crippen molar-refractivity contribution in [1.82, 2.24) is 16.0 Å². The van der Waals surface area contributed by atoms with Crippen LogP contribution in [0.4, 0.5) is 9.59 Å². The molecule has 0 aliphatic heterocycles. The van der Waals surface area contributed by atoms with Crippen molar-refractivity contribution in [2.45, 2.75) is 12.5 Å². The zero-order valence-corrected chi connectivity index (χ0v) is 9.30. The van der Waals surface area contributed by atoms with Crippen LogP contribution in [-0.2, 0) is 9.59 Å². The topological polar surface area (TPSA) is 171 Å². The maximum absolute atomic E-state index is 11.2. The van der Waals surface area contributed by atoms with Gasteiger partial charge in [-0.25, -0.2) is 14.4 Å². The van der Waals surface area contributed by atoms with Gasteiger partial charge in [-0.15, -0.1) is 0 Å². The zero-order chi connectivity index (χ0) is 14.1. The Hall–Kier alpha value is -2.52. The van der Waals surface area contributed by atoms with E-state index in [1.807, 2.05) is 5.32 Å². The van der Waals surface area contributed by atoms with Crippen LogP contribution in [-0.4, -0.2) is 53.3 Å². The second-order valence-corrected chi connectivity index (χ2v) is 3.18. The number of amides is 4. The highest BCUT2D eigenvalue weighted by Gasteiger charge is 2.22. The molecule has 0 aliphatic rings. The minimum Gasteiger partial charge on any atom is -0.481 e. The molecule has 102 valence electrons. The molecule has 0 aromatic carbocycles. The van der Waals surface area contributed by atoms with Crippen molar-refractivity contribution in [3.8, 4) is 0 Å². The summed E-state index contributed by atoms with van der Waals surface area (Å²) in [6.45, 7) is 0.0909. The quantitative estimate of drug-likeness (QED) is 0.286. The summed E-state index contributed by atoms with van der Waals surface area (Å²) in [4.78, 5) is 42.4. The number of urea groups is 2. The van der Waals surface area contributed by atoms with Crippen molar-refractivity contribution in [3.63, 3.8) is 0 Å². The lowest BCUT2D eigenvalue weighted by molar-refractivity contribution is -0.145. The first-order valence-corrected chi connectivity index (χ1v) is 4.85. The number of carboxylic acids is 2. The van der Waals surface area contributed by atoms with Crippen molar-refractivity contribution in [1.29, 1.82) is 0 Å². The Labute approximate surface area is 102 Å². The highest BCUT2D eigenvalue weighted by Crippen LogP contribution is 1.92. The Bertz CT molecular complexity index is 344. The van der Waals surface area contributed by atoms with E-state index in [2.05, 4.69) is 10.6 Å². The number of aliphatic carboxylic acids is 2. The number of primary amides is 1. The van der Waals surface area contributed by atoms with Gasteiger partial charge in [0.05, 0.1) is 6.42 Å². The summed E-state index contributed by atoms with van der Waals surface area (Å²) in [5.41, 5.74) is 4.76. The van der Waals surface area contributed by atoms with E-state index in [0.717, 1.165) is 0 Å². The summed E-state index contributed by atoms with van der Waals surface area (Å²) in [6.07, 6.45) is -0.734. The Balaban J connectivity index is 3.99. The third-order valence-electron chi connectivity index (χ3n) is 1.69. The molecule has 0 aromatic rings. The van der Waals surface area contributed by atoms with Crippen LogP contribution in [0.1, 0.15) is 6.42 Å². The molecule has 0 aliphatic carbocycles. The number of carbonyl (C=O) groups is 4. The van der Waals surface area contributed by atoms with Gasteiger partial charge < -0.3 is 31.9 Å². The molecule has 18 heavy (non-hydrogen) atoms. The number of carboxylic acid groups (broad SMARTS) is 2. The van der Waals surface area contributed by atoms with Gasteiger partial charge in [-0.3, -0.25) is 4.79 Å². The van der Waals surface area contributed by atoms with Crippen LogP contribution in [0.15, 0.2) is 0 Å². The summed E-state index contributed by atoms with van der Waals surface area (Å²) in [5.74, 6) is -2.80. The first kappa shape index (κ1) is 15.5. The zero-order valence-electron chi connectivity index (χ0n) is 9.30. The van der Waals surface area contributed by atoms with Gasteiger partial charge in [-0.05, 0) is 0 Å². The Morgan fingerprint density at radius 3 is 2.06 bits per heavy atom. The molecule has 10 heteroatoms. The molecule has 0 aromatic heterocycles. The number of hydrogen-bond acceptors (Lipinski definition) is 4. The number of hydrogen-bond donors (Lipinski definition) is 6. The molecular formula is C8H14N4O6. The standard InChI is InChI=1S/C8H14N4O6/c9-7(17)10-1-2-11-8(18)12-4(6(15)16)3-5(13)14/h4H,1-3H2,(H,13,14)(H,15,16)(H3,9,10,17)(H2,11,12,18)/t4-/m0/s1. The molecule has 0 saturated carbocycles. The van der Waals surface area contributed by atoms with Crippen LogP contribution < -0.4 is 21.7 Å². The van der Waals surface area contributed by atoms with E-state index in [1.165, 1.54) is 0 Å². The highest BCUT2D eigenvalue weighted by molar-refractivity contribution is 5.86. The second kappa shape index (κ2) is 7.70. The van der Waals surface area contributed by atoms with E-state index in [-0.39, 0.29) is 13.1 Å². The van der Waals surface area contributed by atoms with Gasteiger partial charge in [-0.2, -0.15) is 0 Å². The number of rotatable bonds is 7. The molecule has 0 fully saturated rings. The van der Waals surface area contributed by atoms with Gasteiger partial charge in [0.1, 0.15) is 6.04 Å². The third kappa shape index (κ3) is 7.73. The molecule has 10 nitrogen and oxygen atoms in total. The Morgan fingerprint density at radius 1 is 1.06 bits per heavy atom. The van der Waals surface area contributed by atoms with Crippen LogP contribution in [0.2, 0.25) is 0 Å². The molecule has 0 bridgehead atoms. The summed E-state index contributed by atoms with van der Waals surface area (Å²) >= 11 is 0. The molecule has 0 unspecified atom stereocenters. The minimum absolute atomic E-state index is 0.0220. The summed E-state index contributed by atoms with van der Waals surface area (Å²) in [5, 5.41) is 23.4. The molecule has 0 rings (SSSR count). The van der Waals surface area contributed by atoms with Crippen LogP contribution in [0.3, 0.4) is 0 Å². The molecule has 4 amide bonds. The predicted molar refractivity (Wildman–Crippen MR) is 57.8 cm³/mol. The Kier molecular flexibility index (Phi) is 6.63. The Morgan fingerprint density at radius 2 is 1.61 bits per heavy atom. The largest absolute Gasteiger partial charge is 0.481 e. The SMILES string of the molecule is NC(=O)NCCNC(=O)N[C@@H](CC(=O)O)C(=O)O. The lowest BCUT2D eigenvalue weighted by Crippen LogP contribution is -2.48. The fourth-order valence-corrected chi connectivity index (χ4v) is 0.946. The van der Waals surface area contributed by atoms with E-state index in [4.69, 9.17) is 15.9 Å². The number of nitrogens with one attached hydrogen (secondary N) is 3. The highest BCUT2D eigenvalue weighted by atomic mass is 16.4. The van der Waals surface area contributed by atoms with Gasteiger partial charge in [0, 0.05) is 13.1 Å². The molecule has 0 saturated heterocycles. The van der Waals surface area contributed by atoms with Crippen molar-refractivity contribution >= 4 is 24.0 Å². The summed E-state index contributed by atoms with van der Waals surface area (Å²) in [7, 11) is 0. The lowest BCUT2D eigenvalue weighted by Gasteiger charge is -2.13. The average Bonchev–Trinajstić information content (AvgIpc) is 2.22. The average molecular weight is 262 g/mol. The second-order valence-electron chi connectivity index (χ2n) is 3.18. The number of nitrogens with two attached hydrogens (primary N) is 1. The lowest BCUT2D eigenvalue weighted by atomic mass is 10.2. The summed E-state index contributed by atoms with van der Waals surface area (Å²) in [6, 6.07) is -3.13. The van der Waals surface area contributed by atoms with Crippen LogP contribution in [0.25, 0.3) is 0 Å². The maximum atomic E-state index is 11.2. The smallest absolute Gasteiger partial charge is 0.326 e. The predicted octanol–water partition coefficient (Wildman–Crippen LogP) is -2.12. The van der Waals surface area contributed by atoms with E-state index < -0.39 is 36.5 Å². The van der Waals surface area contributed by atoms with Crippen molar-refractivity contribution in [3.05, 3.63) is 0 Å². The maximum Gasteiger partial charge on any atom is 0.326 e. The van der Waals surface area contributed by atoms with Gasteiger partial charge in [0.2, 0.25) is 0 Å². The normalized spacial score (nSPS) is 11.1. The van der Waals surface area contributed by atoms with E-state index in [0.29, 0.717) is 0 Å². The molecule has 0 heterocycles. The fourth-order valence-electron chi connectivity index (χ4n) is 0.946. The molecule has 0 spiro atoms. The first-order chi connectivity index (χ1) is 8.32. The van der Waals surface area contributed by atoms with Crippen LogP contribution in [0.5, 0.6) is 0 Å². The first-order valence-electron chi connectivity index (χ1n) is 4.85.